The number of amides is 2. The van der Waals surface area contributed by atoms with Crippen molar-refractivity contribution in [3.05, 3.63) is 167 Å². The Hall–Kier alpha value is -5.84. The van der Waals surface area contributed by atoms with Gasteiger partial charge in [-0.2, -0.15) is 0 Å². The van der Waals surface area contributed by atoms with E-state index < -0.39 is 6.29 Å². The highest BCUT2D eigenvalue weighted by atomic mass is 16.7. The minimum absolute atomic E-state index is 0.00640. The minimum atomic E-state index is -0.588. The third kappa shape index (κ3) is 11.2. The highest BCUT2D eigenvalue weighted by molar-refractivity contribution is 5.93. The van der Waals surface area contributed by atoms with Crippen LogP contribution in [0.4, 0.5) is 11.4 Å². The molecule has 1 aliphatic heterocycles. The molecule has 1 fully saturated rings. The monoisotopic (exact) mass is 804 g/mol. The normalized spacial score (nSPS) is 17.0. The molecule has 0 radical (unpaired) electrons. The number of hydrogen-bond acceptors (Lipinski definition) is 7. The molecule has 7 rings (SSSR count). The zero-order chi connectivity index (χ0) is 41.8. The summed E-state index contributed by atoms with van der Waals surface area (Å²) < 4.78 is 13.5. The van der Waals surface area contributed by atoms with Crippen LogP contribution in [0.15, 0.2) is 140 Å². The van der Waals surface area contributed by atoms with Crippen LogP contribution in [-0.2, 0) is 32.2 Å². The van der Waals surface area contributed by atoms with Crippen molar-refractivity contribution in [2.24, 2.45) is 0 Å². The molecule has 0 bridgehead atoms. The lowest BCUT2D eigenvalue weighted by Gasteiger charge is -2.39. The highest BCUT2D eigenvalue weighted by Gasteiger charge is 2.33. The van der Waals surface area contributed by atoms with E-state index in [4.69, 9.17) is 15.2 Å². The van der Waals surface area contributed by atoms with E-state index in [-0.39, 0.29) is 36.7 Å². The Kier molecular flexibility index (Phi) is 14.4. The van der Waals surface area contributed by atoms with Gasteiger partial charge in [0.05, 0.1) is 30.2 Å². The molecule has 6 aromatic rings. The van der Waals surface area contributed by atoms with Crippen LogP contribution in [0.1, 0.15) is 91.7 Å². The Morgan fingerprint density at radius 3 is 2.23 bits per heavy atom. The molecule has 5 N–H and O–H groups in total. The molecule has 1 aliphatic rings. The minimum Gasteiger partial charge on any atom is -0.397 e. The molecule has 0 aliphatic carbocycles. The Morgan fingerprint density at radius 2 is 1.45 bits per heavy atom. The van der Waals surface area contributed by atoms with Gasteiger partial charge in [-0.25, -0.2) is 0 Å². The second-order valence-corrected chi connectivity index (χ2v) is 15.9. The Labute approximate surface area is 353 Å². The number of anilines is 2. The fourth-order valence-corrected chi connectivity index (χ4v) is 7.82. The molecule has 9 nitrogen and oxygen atoms in total. The van der Waals surface area contributed by atoms with Crippen LogP contribution in [0.2, 0.25) is 0 Å². The van der Waals surface area contributed by atoms with Gasteiger partial charge >= 0.3 is 0 Å². The van der Waals surface area contributed by atoms with Gasteiger partial charge in [0.2, 0.25) is 11.8 Å². The fourth-order valence-electron chi connectivity index (χ4n) is 7.82. The summed E-state index contributed by atoms with van der Waals surface area (Å²) in [7, 11) is 2.16. The van der Waals surface area contributed by atoms with E-state index in [9.17, 15) is 14.7 Å². The second-order valence-electron chi connectivity index (χ2n) is 15.9. The molecule has 0 saturated carbocycles. The summed E-state index contributed by atoms with van der Waals surface area (Å²) in [5.41, 5.74) is 14.3. The molecule has 60 heavy (non-hydrogen) atoms. The van der Waals surface area contributed by atoms with E-state index in [1.165, 1.54) is 16.3 Å². The number of para-hydroxylation sites is 2. The van der Waals surface area contributed by atoms with Gasteiger partial charge in [0.1, 0.15) is 0 Å². The average Bonchev–Trinajstić information content (AvgIpc) is 3.28. The van der Waals surface area contributed by atoms with E-state index >= 15 is 0 Å². The number of rotatable bonds is 17. The van der Waals surface area contributed by atoms with Gasteiger partial charge in [0.15, 0.2) is 6.29 Å². The predicted molar refractivity (Wildman–Crippen MR) is 240 cm³/mol. The number of nitrogens with zero attached hydrogens (tertiary/aromatic N) is 1. The second kappa shape index (κ2) is 20.4. The van der Waals surface area contributed by atoms with Crippen molar-refractivity contribution in [2.75, 3.05) is 24.6 Å². The van der Waals surface area contributed by atoms with Gasteiger partial charge < -0.3 is 30.9 Å². The number of ether oxygens (including phenoxy) is 2. The number of carbonyl (C=O) groups excluding carboxylic acids is 2. The van der Waals surface area contributed by atoms with Crippen molar-refractivity contribution in [3.63, 3.8) is 0 Å². The van der Waals surface area contributed by atoms with Gasteiger partial charge in [-0.15, -0.1) is 0 Å². The van der Waals surface area contributed by atoms with E-state index in [2.05, 4.69) is 102 Å². The molecule has 310 valence electrons. The lowest BCUT2D eigenvalue weighted by molar-refractivity contribution is -0.253. The summed E-state index contributed by atoms with van der Waals surface area (Å²) >= 11 is 0. The number of aliphatic hydroxyl groups excluding tert-OH is 1. The van der Waals surface area contributed by atoms with Crippen LogP contribution in [0.3, 0.4) is 0 Å². The number of nitrogens with one attached hydrogen (secondary N) is 2. The largest absolute Gasteiger partial charge is 0.397 e. The van der Waals surface area contributed by atoms with E-state index in [0.29, 0.717) is 56.6 Å². The number of aliphatic hydroxyl groups is 1. The number of likely N-dealkylation sites (N-methyl/N-ethyl adjacent to an activating group) is 1. The number of benzene rings is 6. The molecule has 2 amide bonds. The number of carbonyl (C=O) groups is 2. The first-order chi connectivity index (χ1) is 29.2. The van der Waals surface area contributed by atoms with Crippen molar-refractivity contribution in [1.29, 1.82) is 0 Å². The molecule has 1 heterocycles. The maximum absolute atomic E-state index is 12.7. The Bertz CT molecular complexity index is 2360. The molecule has 1 saturated heterocycles. The number of hydrogen-bond donors (Lipinski definition) is 4. The Balaban J connectivity index is 0.963. The molecular weight excluding hydrogens is 749 g/mol. The molecule has 9 heteroatoms. The van der Waals surface area contributed by atoms with E-state index in [1.807, 2.05) is 54.6 Å². The third-order valence-corrected chi connectivity index (χ3v) is 11.5. The standard InChI is InChI=1S/C51H56N4O5/c1-35(40-27-26-38-13-6-7-14-42(38)29-40)55(2)33-45-31-48(39-24-22-36(34-56)23-25-39)60-51(59-45)44-17-11-16-43(30-44)41-15-10-12-37(28-41)32-53-49(57)20-4-3-5-21-50(58)54-47-19-9-8-18-46(47)52/h6-19,22-30,35,45,48,51,56H,3-5,20-21,31-34,52H2,1-2H3,(H,53,57)(H,54,58). The lowest BCUT2D eigenvalue weighted by Crippen LogP contribution is -2.38. The van der Waals surface area contributed by atoms with Gasteiger partial charge in [-0.1, -0.05) is 116 Å². The highest BCUT2D eigenvalue weighted by Crippen LogP contribution is 2.40. The topological polar surface area (TPSA) is 126 Å². The predicted octanol–water partition coefficient (Wildman–Crippen LogP) is 10.0. The van der Waals surface area contributed by atoms with Crippen LogP contribution in [0.5, 0.6) is 0 Å². The van der Waals surface area contributed by atoms with Gasteiger partial charge in [-0.3, -0.25) is 14.5 Å². The maximum atomic E-state index is 12.7. The van der Waals surface area contributed by atoms with Crippen LogP contribution in [-0.4, -0.2) is 41.5 Å². The van der Waals surface area contributed by atoms with Gasteiger partial charge in [0, 0.05) is 44.0 Å². The summed E-state index contributed by atoms with van der Waals surface area (Å²) in [6.45, 7) is 3.37. The number of nitrogens with two attached hydrogens (primary N) is 1. The quantitative estimate of drug-likeness (QED) is 0.0534. The third-order valence-electron chi connectivity index (χ3n) is 11.5. The first kappa shape index (κ1) is 42.3. The number of fused-ring (bicyclic) bond motifs is 1. The zero-order valence-corrected chi connectivity index (χ0v) is 34.6. The van der Waals surface area contributed by atoms with Crippen molar-refractivity contribution in [2.45, 2.75) is 83.1 Å². The summed E-state index contributed by atoms with van der Waals surface area (Å²) in [6.07, 6.45) is 2.79. The van der Waals surface area contributed by atoms with Crippen molar-refractivity contribution in [1.82, 2.24) is 10.2 Å². The van der Waals surface area contributed by atoms with Crippen molar-refractivity contribution < 1.29 is 24.2 Å². The Morgan fingerprint density at radius 1 is 0.733 bits per heavy atom. The first-order valence-corrected chi connectivity index (χ1v) is 21.0. The van der Waals surface area contributed by atoms with Gasteiger partial charge in [0.25, 0.3) is 0 Å². The summed E-state index contributed by atoms with van der Waals surface area (Å²) in [4.78, 5) is 27.4. The first-order valence-electron chi connectivity index (χ1n) is 21.0. The zero-order valence-electron chi connectivity index (χ0n) is 34.6. The van der Waals surface area contributed by atoms with E-state index in [1.54, 1.807) is 12.1 Å². The van der Waals surface area contributed by atoms with Crippen LogP contribution in [0, 0.1) is 0 Å². The molecule has 0 aromatic heterocycles. The summed E-state index contributed by atoms with van der Waals surface area (Å²) in [5.74, 6) is -0.0888. The number of unbranched alkanes of at least 4 members (excludes halogenated alkanes) is 2. The van der Waals surface area contributed by atoms with Crippen LogP contribution < -0.4 is 16.4 Å². The maximum Gasteiger partial charge on any atom is 0.224 e. The molecule has 4 unspecified atom stereocenters. The van der Waals surface area contributed by atoms with Crippen LogP contribution in [0.25, 0.3) is 21.9 Å². The average molecular weight is 805 g/mol. The molecule has 6 aromatic carbocycles. The van der Waals surface area contributed by atoms with Gasteiger partial charge in [-0.05, 0) is 101 Å². The van der Waals surface area contributed by atoms with E-state index in [0.717, 1.165) is 39.8 Å². The SMILES string of the molecule is CC(c1ccc2ccccc2c1)N(C)CC1CC(c2ccc(CO)cc2)OC(c2cccc(-c3cccc(CNC(=O)CCCCCC(=O)Nc4ccccc4N)c3)c2)O1. The summed E-state index contributed by atoms with van der Waals surface area (Å²) in [6, 6.07) is 47.1. The van der Waals surface area contributed by atoms with Crippen molar-refractivity contribution >= 4 is 34.0 Å². The molecular formula is C51H56N4O5. The fraction of sp³-hybridized carbons (Fsp3) is 0.294. The van der Waals surface area contributed by atoms with Crippen LogP contribution >= 0.6 is 0 Å². The smallest absolute Gasteiger partial charge is 0.224 e. The van der Waals surface area contributed by atoms with Crippen molar-refractivity contribution in [3.8, 4) is 11.1 Å². The molecule has 0 spiro atoms. The lowest BCUT2D eigenvalue weighted by atomic mass is 9.97. The number of nitrogen functional groups attached to an aromatic ring is 1. The molecule has 4 atom stereocenters. The summed E-state index contributed by atoms with van der Waals surface area (Å²) in [5, 5.41) is 18.1.